The molecule has 0 aliphatic rings. The van der Waals surface area contributed by atoms with E-state index in [0.717, 1.165) is 0 Å². The lowest BCUT2D eigenvalue weighted by Crippen LogP contribution is -2.00. The Hall–Kier alpha value is -3.09. The molecule has 0 unspecified atom stereocenters. The number of rotatable bonds is 5. The molecule has 2 aromatic carbocycles. The van der Waals surface area contributed by atoms with E-state index in [2.05, 4.69) is 9.97 Å². The lowest BCUT2D eigenvalue weighted by atomic mass is 10.1. The van der Waals surface area contributed by atoms with E-state index in [0.29, 0.717) is 28.0 Å². The molecule has 0 bridgehead atoms. The number of ether oxygens (including phenoxy) is 1. The Labute approximate surface area is 130 Å². The number of hydrogen-bond acceptors (Lipinski definition) is 5. The molecule has 0 saturated carbocycles. The van der Waals surface area contributed by atoms with Crippen LogP contribution >= 0.6 is 0 Å². The number of fused-ring (bicyclic) bond motifs is 1. The molecule has 3 rings (SSSR count). The number of nitro groups is 1. The van der Waals surface area contributed by atoms with Gasteiger partial charge in [-0.3, -0.25) is 10.1 Å². The number of aromatic nitrogens is 2. The predicted octanol–water partition coefficient (Wildman–Crippen LogP) is 3.55. The van der Waals surface area contributed by atoms with Crippen molar-refractivity contribution in [2.75, 3.05) is 13.3 Å². The van der Waals surface area contributed by atoms with Gasteiger partial charge >= 0.3 is 0 Å². The van der Waals surface area contributed by atoms with Crippen molar-refractivity contribution in [2.24, 2.45) is 0 Å². The van der Waals surface area contributed by atoms with Crippen LogP contribution in [0.4, 0.5) is 10.1 Å². The molecule has 7 heteroatoms. The Morgan fingerprint density at radius 3 is 2.83 bits per heavy atom. The molecular formula is C16H12FN3O3. The van der Waals surface area contributed by atoms with Gasteiger partial charge in [0.15, 0.2) is 0 Å². The van der Waals surface area contributed by atoms with Gasteiger partial charge in [0.25, 0.3) is 5.69 Å². The van der Waals surface area contributed by atoms with Gasteiger partial charge in [0, 0.05) is 17.7 Å². The first kappa shape index (κ1) is 14.8. The fourth-order valence-corrected chi connectivity index (χ4v) is 2.20. The average molecular weight is 313 g/mol. The summed E-state index contributed by atoms with van der Waals surface area (Å²) in [5.41, 5.74) is 2.21. The van der Waals surface area contributed by atoms with Crippen molar-refractivity contribution in [1.82, 2.24) is 9.97 Å². The highest BCUT2D eigenvalue weighted by atomic mass is 19.1. The van der Waals surface area contributed by atoms with E-state index in [9.17, 15) is 14.5 Å². The van der Waals surface area contributed by atoms with Crippen LogP contribution in [0.25, 0.3) is 22.3 Å². The number of hydrogen-bond donors (Lipinski definition) is 0. The molecule has 116 valence electrons. The molecule has 0 N–H and O–H groups in total. The fraction of sp³-hybridized carbons (Fsp3) is 0.125. The van der Waals surface area contributed by atoms with Crippen LogP contribution in [-0.4, -0.2) is 28.2 Å². The first-order chi connectivity index (χ1) is 11.2. The number of para-hydroxylation sites is 1. The Kier molecular flexibility index (Phi) is 4.09. The summed E-state index contributed by atoms with van der Waals surface area (Å²) in [5, 5.41) is 10.9. The van der Waals surface area contributed by atoms with E-state index >= 15 is 0 Å². The minimum absolute atomic E-state index is 0.00979. The zero-order valence-electron chi connectivity index (χ0n) is 12.0. The Bertz CT molecular complexity index is 870. The second-order valence-corrected chi connectivity index (χ2v) is 4.72. The number of halogens is 1. The molecule has 0 saturated heterocycles. The highest BCUT2D eigenvalue weighted by Gasteiger charge is 2.10. The predicted molar refractivity (Wildman–Crippen MR) is 83.1 cm³/mol. The molecule has 0 amide bonds. The monoisotopic (exact) mass is 313 g/mol. The van der Waals surface area contributed by atoms with Crippen molar-refractivity contribution in [3.05, 3.63) is 58.8 Å². The van der Waals surface area contributed by atoms with Crippen molar-refractivity contribution in [2.45, 2.75) is 0 Å². The molecule has 1 aromatic heterocycles. The lowest BCUT2D eigenvalue weighted by molar-refractivity contribution is -0.384. The summed E-state index contributed by atoms with van der Waals surface area (Å²) in [6, 6.07) is 11.4. The molecule has 0 atom stereocenters. The molecule has 1 heterocycles. The highest BCUT2D eigenvalue weighted by Crippen LogP contribution is 2.26. The first-order valence-corrected chi connectivity index (χ1v) is 6.88. The van der Waals surface area contributed by atoms with Crippen LogP contribution in [0.2, 0.25) is 0 Å². The van der Waals surface area contributed by atoms with E-state index in [1.807, 2.05) is 0 Å². The topological polar surface area (TPSA) is 78.2 Å². The number of non-ortho nitro benzene ring substituents is 1. The van der Waals surface area contributed by atoms with E-state index < -0.39 is 11.6 Å². The molecule has 0 fully saturated rings. The van der Waals surface area contributed by atoms with Gasteiger partial charge in [-0.15, -0.1) is 0 Å². The van der Waals surface area contributed by atoms with E-state index in [1.54, 1.807) is 30.3 Å². The minimum Gasteiger partial charge on any atom is -0.489 e. The largest absolute Gasteiger partial charge is 0.489 e. The maximum Gasteiger partial charge on any atom is 0.270 e. The number of benzene rings is 2. The lowest BCUT2D eigenvalue weighted by Gasteiger charge is -2.08. The zero-order chi connectivity index (χ0) is 16.2. The van der Waals surface area contributed by atoms with Gasteiger partial charge < -0.3 is 4.74 Å². The third kappa shape index (κ3) is 3.08. The van der Waals surface area contributed by atoms with Gasteiger partial charge in [-0.2, -0.15) is 0 Å². The van der Waals surface area contributed by atoms with E-state index in [-0.39, 0.29) is 12.3 Å². The molecule has 0 aliphatic heterocycles. The molecule has 6 nitrogen and oxygen atoms in total. The van der Waals surface area contributed by atoms with Crippen LogP contribution in [0.1, 0.15) is 0 Å². The Morgan fingerprint density at radius 2 is 2.04 bits per heavy atom. The van der Waals surface area contributed by atoms with Gasteiger partial charge in [0.05, 0.1) is 22.3 Å². The maximum atomic E-state index is 12.3. The average Bonchev–Trinajstić information content (AvgIpc) is 2.59. The number of alkyl halides is 1. The van der Waals surface area contributed by atoms with Gasteiger partial charge in [0.2, 0.25) is 0 Å². The SMILES string of the molecule is O=[N+]([O-])c1cccc(-c2cnc3c(OCCF)cccc3n2)c1. The highest BCUT2D eigenvalue weighted by molar-refractivity contribution is 5.82. The van der Waals surface area contributed by atoms with Gasteiger partial charge in [-0.1, -0.05) is 18.2 Å². The summed E-state index contributed by atoms with van der Waals surface area (Å²) < 4.78 is 17.5. The summed E-state index contributed by atoms with van der Waals surface area (Å²) >= 11 is 0. The zero-order valence-corrected chi connectivity index (χ0v) is 12.0. The standard InChI is InChI=1S/C16H12FN3O3/c17-7-8-23-15-6-2-5-13-16(15)18-10-14(19-13)11-3-1-4-12(9-11)20(21)22/h1-6,9-10H,7-8H2. The fourth-order valence-electron chi connectivity index (χ4n) is 2.20. The Morgan fingerprint density at radius 1 is 1.22 bits per heavy atom. The maximum absolute atomic E-state index is 12.3. The van der Waals surface area contributed by atoms with Gasteiger partial charge in [0.1, 0.15) is 24.5 Å². The second-order valence-electron chi connectivity index (χ2n) is 4.72. The van der Waals surface area contributed by atoms with Crippen LogP contribution in [0.3, 0.4) is 0 Å². The van der Waals surface area contributed by atoms with Crippen LogP contribution in [0, 0.1) is 10.1 Å². The second kappa shape index (κ2) is 6.35. The van der Waals surface area contributed by atoms with Gasteiger partial charge in [-0.25, -0.2) is 14.4 Å². The summed E-state index contributed by atoms with van der Waals surface area (Å²) in [5.74, 6) is 0.457. The third-order valence-corrected chi connectivity index (χ3v) is 3.22. The third-order valence-electron chi connectivity index (χ3n) is 3.22. The van der Waals surface area contributed by atoms with Crippen LogP contribution in [0.15, 0.2) is 48.7 Å². The van der Waals surface area contributed by atoms with Crippen molar-refractivity contribution in [3.8, 4) is 17.0 Å². The van der Waals surface area contributed by atoms with Crippen LogP contribution < -0.4 is 4.74 Å². The van der Waals surface area contributed by atoms with E-state index in [4.69, 9.17) is 4.74 Å². The van der Waals surface area contributed by atoms with Crippen molar-refractivity contribution in [3.63, 3.8) is 0 Å². The summed E-state index contributed by atoms with van der Waals surface area (Å²) in [7, 11) is 0. The first-order valence-electron chi connectivity index (χ1n) is 6.88. The van der Waals surface area contributed by atoms with Crippen LogP contribution in [0.5, 0.6) is 5.75 Å². The smallest absolute Gasteiger partial charge is 0.270 e. The molecule has 0 spiro atoms. The number of nitro benzene ring substituents is 1. The molecule has 3 aromatic rings. The molecule has 0 radical (unpaired) electrons. The van der Waals surface area contributed by atoms with Crippen molar-refractivity contribution < 1.29 is 14.1 Å². The molecular weight excluding hydrogens is 301 g/mol. The quantitative estimate of drug-likeness (QED) is 0.531. The molecule has 23 heavy (non-hydrogen) atoms. The van der Waals surface area contributed by atoms with E-state index in [1.165, 1.54) is 18.3 Å². The van der Waals surface area contributed by atoms with Crippen molar-refractivity contribution >= 4 is 16.7 Å². The van der Waals surface area contributed by atoms with Crippen LogP contribution in [-0.2, 0) is 0 Å². The van der Waals surface area contributed by atoms with Gasteiger partial charge in [-0.05, 0) is 12.1 Å². The summed E-state index contributed by atoms with van der Waals surface area (Å²) in [4.78, 5) is 19.2. The molecule has 0 aliphatic carbocycles. The Balaban J connectivity index is 2.03. The summed E-state index contributed by atoms with van der Waals surface area (Å²) in [6.07, 6.45) is 1.52. The van der Waals surface area contributed by atoms with Crippen molar-refractivity contribution in [1.29, 1.82) is 0 Å². The normalized spacial score (nSPS) is 10.7. The summed E-state index contributed by atoms with van der Waals surface area (Å²) in [6.45, 7) is -0.636. The minimum atomic E-state index is -0.588. The number of nitrogens with zero attached hydrogens (tertiary/aromatic N) is 3.